The first kappa shape index (κ1) is 26.6. The van der Waals surface area contributed by atoms with E-state index < -0.39 is 17.8 Å². The van der Waals surface area contributed by atoms with Crippen molar-refractivity contribution in [1.29, 1.82) is 5.26 Å². The van der Waals surface area contributed by atoms with Gasteiger partial charge < -0.3 is 16.0 Å². The first-order chi connectivity index (χ1) is 17.4. The molecule has 2 heterocycles. The Balaban J connectivity index is 0.00000176. The lowest BCUT2D eigenvalue weighted by atomic mass is 10.1. The Bertz CT molecular complexity index is 1190. The number of aromatic nitrogens is 1. The van der Waals surface area contributed by atoms with Crippen LogP contribution in [0.1, 0.15) is 38.3 Å². The lowest BCUT2D eigenvalue weighted by molar-refractivity contribution is 0.182. The summed E-state index contributed by atoms with van der Waals surface area (Å²) >= 11 is 0. The van der Waals surface area contributed by atoms with Crippen molar-refractivity contribution in [1.82, 2.24) is 15.2 Å². The number of likely N-dealkylation sites (tertiary alicyclic amines) is 1. The predicted octanol–water partition coefficient (Wildman–Crippen LogP) is 6.25. The fraction of sp³-hybridized carbons (Fsp3) is 0.286. The topological polar surface area (TPSA) is 78.0 Å². The number of nitrogens with zero attached hydrogens (tertiary/aromatic N) is 3. The van der Waals surface area contributed by atoms with Gasteiger partial charge in [0, 0.05) is 19.7 Å². The molecule has 5 nitrogen and oxygen atoms in total. The van der Waals surface area contributed by atoms with Gasteiger partial charge in [-0.2, -0.15) is 0 Å². The third kappa shape index (κ3) is 5.98. The number of pyridine rings is 1. The minimum absolute atomic E-state index is 0.170. The van der Waals surface area contributed by atoms with Gasteiger partial charge in [0.2, 0.25) is 0 Å². The van der Waals surface area contributed by atoms with Gasteiger partial charge in [-0.1, -0.05) is 18.7 Å². The Morgan fingerprint density at radius 2 is 1.81 bits per heavy atom. The normalized spacial score (nSPS) is 16.2. The van der Waals surface area contributed by atoms with E-state index in [4.69, 9.17) is 11.0 Å². The SMILES string of the molecule is C#N.C=C/C(NC(=C1CC1)c1nc(-c2c(F)cccc2F)ccc1N)=C(\C=C/C)N1CCC(F)CC1. The standard InChI is InChI=1S/C27H29F3N4.CHN/c1-3-6-24(34-15-13-18(28)14-16-34)22(4-2)32-26(17-9-10-17)27-21(31)11-12-23(33-27)25-19(29)7-5-8-20(25)30;1-2/h3-8,11-12,18,32H,2,9-10,13-16,31H2,1H3;1H/b6-3-,24-22-;. The van der Waals surface area contributed by atoms with Gasteiger partial charge in [-0.25, -0.2) is 23.4 Å². The largest absolute Gasteiger partial charge is 0.397 e. The fourth-order valence-electron chi connectivity index (χ4n) is 4.15. The molecule has 2 fully saturated rings. The van der Waals surface area contributed by atoms with E-state index in [1.807, 2.05) is 19.1 Å². The van der Waals surface area contributed by atoms with Crippen molar-refractivity contribution in [2.45, 2.75) is 38.8 Å². The van der Waals surface area contributed by atoms with Gasteiger partial charge in [0.25, 0.3) is 0 Å². The van der Waals surface area contributed by atoms with Gasteiger partial charge in [-0.05, 0) is 74.6 Å². The molecule has 0 amide bonds. The van der Waals surface area contributed by atoms with Crippen molar-refractivity contribution in [3.63, 3.8) is 0 Å². The zero-order chi connectivity index (χ0) is 26.2. The summed E-state index contributed by atoms with van der Waals surface area (Å²) in [5, 5.41) is 9.95. The van der Waals surface area contributed by atoms with Crippen molar-refractivity contribution in [3.05, 3.63) is 89.4 Å². The van der Waals surface area contributed by atoms with Crippen LogP contribution in [0.4, 0.5) is 18.9 Å². The molecule has 36 heavy (non-hydrogen) atoms. The van der Waals surface area contributed by atoms with Gasteiger partial charge in [0.05, 0.1) is 34.0 Å². The number of piperidine rings is 1. The molecule has 0 spiro atoms. The van der Waals surface area contributed by atoms with Gasteiger partial charge in [-0.3, -0.25) is 0 Å². The van der Waals surface area contributed by atoms with Crippen LogP contribution in [0.3, 0.4) is 0 Å². The molecule has 0 radical (unpaired) electrons. The molecule has 2 aliphatic rings. The number of alkyl halides is 1. The average molecular weight is 494 g/mol. The maximum atomic E-state index is 14.4. The molecule has 8 heteroatoms. The Morgan fingerprint density at radius 3 is 2.36 bits per heavy atom. The molecule has 3 N–H and O–H groups in total. The van der Waals surface area contributed by atoms with Crippen molar-refractivity contribution in [3.8, 4) is 17.8 Å². The Kier molecular flexibility index (Phi) is 8.96. The molecule has 1 aliphatic carbocycles. The number of nitrogens with two attached hydrogens (primary N) is 1. The molecule has 2 aromatic rings. The average Bonchev–Trinajstić information content (AvgIpc) is 3.72. The van der Waals surface area contributed by atoms with Crippen molar-refractivity contribution >= 4 is 11.4 Å². The second-order valence-corrected chi connectivity index (χ2v) is 8.50. The van der Waals surface area contributed by atoms with Crippen molar-refractivity contribution in [2.75, 3.05) is 18.8 Å². The third-order valence-electron chi connectivity index (χ3n) is 6.07. The Morgan fingerprint density at radius 1 is 1.17 bits per heavy atom. The summed E-state index contributed by atoms with van der Waals surface area (Å²) in [4.78, 5) is 6.71. The van der Waals surface area contributed by atoms with Crippen LogP contribution in [0.5, 0.6) is 0 Å². The van der Waals surface area contributed by atoms with Crippen LogP contribution in [0.15, 0.2) is 72.1 Å². The fourth-order valence-corrected chi connectivity index (χ4v) is 4.15. The number of halogens is 3. The van der Waals surface area contributed by atoms with E-state index in [2.05, 4.69) is 28.4 Å². The van der Waals surface area contributed by atoms with Crippen LogP contribution in [0.25, 0.3) is 17.0 Å². The zero-order valence-corrected chi connectivity index (χ0v) is 20.3. The van der Waals surface area contributed by atoms with E-state index in [0.29, 0.717) is 43.0 Å². The van der Waals surface area contributed by atoms with E-state index >= 15 is 0 Å². The van der Waals surface area contributed by atoms with Gasteiger partial charge >= 0.3 is 0 Å². The van der Waals surface area contributed by atoms with Gasteiger partial charge in [0.1, 0.15) is 23.5 Å². The van der Waals surface area contributed by atoms with E-state index in [9.17, 15) is 13.2 Å². The summed E-state index contributed by atoms with van der Waals surface area (Å²) in [7, 11) is 0. The number of hydrogen-bond donors (Lipinski definition) is 2. The number of nitrogen functional groups attached to an aromatic ring is 1. The van der Waals surface area contributed by atoms with Crippen LogP contribution in [0, 0.1) is 23.5 Å². The lowest BCUT2D eigenvalue weighted by Crippen LogP contribution is -2.35. The number of nitrogens with one attached hydrogen (secondary N) is 1. The molecule has 0 unspecified atom stereocenters. The predicted molar refractivity (Wildman–Crippen MR) is 138 cm³/mol. The van der Waals surface area contributed by atoms with Crippen LogP contribution in [-0.4, -0.2) is 29.1 Å². The van der Waals surface area contributed by atoms with E-state index in [0.717, 1.165) is 29.8 Å². The third-order valence-corrected chi connectivity index (χ3v) is 6.07. The van der Waals surface area contributed by atoms with Crippen LogP contribution >= 0.6 is 0 Å². The number of nitriles is 1. The molecule has 0 atom stereocenters. The van der Waals surface area contributed by atoms with E-state index in [1.54, 1.807) is 12.1 Å². The maximum Gasteiger partial charge on any atom is 0.135 e. The monoisotopic (exact) mass is 493 g/mol. The number of allylic oxidation sites excluding steroid dienone is 4. The highest BCUT2D eigenvalue weighted by atomic mass is 19.1. The molecular weight excluding hydrogens is 463 g/mol. The number of rotatable bonds is 7. The summed E-state index contributed by atoms with van der Waals surface area (Å²) in [6.07, 6.45) is 7.54. The van der Waals surface area contributed by atoms with Crippen molar-refractivity contribution in [2.24, 2.45) is 0 Å². The molecule has 1 saturated heterocycles. The summed E-state index contributed by atoms with van der Waals surface area (Å²) in [6.45, 7) is 10.6. The van der Waals surface area contributed by atoms with E-state index in [1.165, 1.54) is 24.3 Å². The molecule has 4 rings (SSSR count). The summed E-state index contributed by atoms with van der Waals surface area (Å²) in [5.41, 5.74) is 10.6. The lowest BCUT2D eigenvalue weighted by Gasteiger charge is -2.33. The second-order valence-electron chi connectivity index (χ2n) is 8.50. The van der Waals surface area contributed by atoms with Crippen LogP contribution in [0.2, 0.25) is 0 Å². The first-order valence-corrected chi connectivity index (χ1v) is 11.8. The number of benzene rings is 1. The first-order valence-electron chi connectivity index (χ1n) is 11.8. The van der Waals surface area contributed by atoms with E-state index in [-0.39, 0.29) is 11.3 Å². The number of anilines is 1. The Labute approximate surface area is 210 Å². The summed E-state index contributed by atoms with van der Waals surface area (Å²) < 4.78 is 42.6. The highest BCUT2D eigenvalue weighted by molar-refractivity contribution is 5.79. The zero-order valence-electron chi connectivity index (χ0n) is 20.3. The van der Waals surface area contributed by atoms with Crippen molar-refractivity contribution < 1.29 is 13.2 Å². The summed E-state index contributed by atoms with van der Waals surface area (Å²) in [6, 6.07) is 6.87. The highest BCUT2D eigenvalue weighted by Crippen LogP contribution is 2.38. The van der Waals surface area contributed by atoms with Crippen LogP contribution < -0.4 is 11.1 Å². The molecule has 1 aliphatic heterocycles. The molecule has 188 valence electrons. The minimum atomic E-state index is -0.780. The molecule has 1 aromatic carbocycles. The molecule has 1 aromatic heterocycles. The minimum Gasteiger partial charge on any atom is -0.397 e. The highest BCUT2D eigenvalue weighted by Gasteiger charge is 2.26. The smallest absolute Gasteiger partial charge is 0.135 e. The maximum absolute atomic E-state index is 14.4. The van der Waals surface area contributed by atoms with Gasteiger partial charge in [-0.15, -0.1) is 0 Å². The van der Waals surface area contributed by atoms with Crippen LogP contribution in [-0.2, 0) is 0 Å². The Hall–Kier alpha value is -3.99. The molecule has 0 bridgehead atoms. The molecular formula is C28H30F3N5. The second kappa shape index (κ2) is 12.1. The quantitative estimate of drug-likeness (QED) is 0.446. The number of hydrogen-bond acceptors (Lipinski definition) is 5. The van der Waals surface area contributed by atoms with Gasteiger partial charge in [0.15, 0.2) is 0 Å². The molecule has 1 saturated carbocycles. The summed E-state index contributed by atoms with van der Waals surface area (Å²) in [5.74, 6) is -1.37.